The molecule has 1 aliphatic rings. The lowest BCUT2D eigenvalue weighted by Gasteiger charge is -2.26. The Kier molecular flexibility index (Phi) is 4.55. The number of carbonyl (C=O) groups excluding carboxylic acids is 1. The van der Waals surface area contributed by atoms with Crippen molar-refractivity contribution in [2.24, 2.45) is 0 Å². The van der Waals surface area contributed by atoms with Gasteiger partial charge < -0.3 is 15.0 Å². The second-order valence-electron chi connectivity index (χ2n) is 4.87. The maximum Gasteiger partial charge on any atom is 0.274 e. The molecule has 0 aromatic carbocycles. The van der Waals surface area contributed by atoms with Gasteiger partial charge in [-0.3, -0.25) is 9.78 Å². The molecule has 0 saturated carbocycles. The minimum Gasteiger partial charge on any atom is -0.378 e. The molecule has 0 spiro atoms. The summed E-state index contributed by atoms with van der Waals surface area (Å²) in [5.41, 5.74) is 1.27. The van der Waals surface area contributed by atoms with E-state index in [4.69, 9.17) is 4.74 Å². The quantitative estimate of drug-likeness (QED) is 0.905. The lowest BCUT2D eigenvalue weighted by molar-refractivity contribution is 0.0298. The van der Waals surface area contributed by atoms with E-state index in [1.54, 1.807) is 17.3 Å². The van der Waals surface area contributed by atoms with Crippen LogP contribution in [0.5, 0.6) is 0 Å². The van der Waals surface area contributed by atoms with Crippen LogP contribution in [0.15, 0.2) is 36.8 Å². The third-order valence-electron chi connectivity index (χ3n) is 3.35. The van der Waals surface area contributed by atoms with E-state index in [2.05, 4.69) is 20.3 Å². The molecular formula is C15H17N5O2. The average molecular weight is 299 g/mol. The number of carbonyl (C=O) groups is 1. The third kappa shape index (κ3) is 3.56. The normalized spacial score (nSPS) is 14.6. The van der Waals surface area contributed by atoms with Crippen molar-refractivity contribution in [2.75, 3.05) is 31.6 Å². The summed E-state index contributed by atoms with van der Waals surface area (Å²) in [5, 5.41) is 3.13. The lowest BCUT2D eigenvalue weighted by Crippen LogP contribution is -2.41. The molecule has 0 aliphatic carbocycles. The average Bonchev–Trinajstić information content (AvgIpc) is 2.61. The fourth-order valence-corrected chi connectivity index (χ4v) is 2.14. The molecule has 7 heteroatoms. The smallest absolute Gasteiger partial charge is 0.274 e. The predicted octanol–water partition coefficient (Wildman–Crippen LogP) is 0.956. The topological polar surface area (TPSA) is 80.2 Å². The lowest BCUT2D eigenvalue weighted by atomic mass is 10.3. The highest BCUT2D eigenvalue weighted by molar-refractivity contribution is 5.92. The van der Waals surface area contributed by atoms with Crippen LogP contribution in [-0.2, 0) is 11.3 Å². The van der Waals surface area contributed by atoms with E-state index in [-0.39, 0.29) is 5.91 Å². The first kappa shape index (κ1) is 14.4. The number of rotatable bonds is 4. The zero-order chi connectivity index (χ0) is 15.2. The second-order valence-corrected chi connectivity index (χ2v) is 4.87. The van der Waals surface area contributed by atoms with Crippen molar-refractivity contribution in [3.05, 3.63) is 48.2 Å². The van der Waals surface area contributed by atoms with Crippen molar-refractivity contribution in [2.45, 2.75) is 6.54 Å². The number of hydrogen-bond donors (Lipinski definition) is 1. The fraction of sp³-hybridized carbons (Fsp3) is 0.333. The van der Waals surface area contributed by atoms with Gasteiger partial charge in [0, 0.05) is 19.3 Å². The molecule has 1 N–H and O–H groups in total. The molecule has 3 heterocycles. The maximum atomic E-state index is 12.2. The van der Waals surface area contributed by atoms with Crippen LogP contribution in [0.25, 0.3) is 0 Å². The van der Waals surface area contributed by atoms with E-state index in [0.29, 0.717) is 44.4 Å². The molecule has 7 nitrogen and oxygen atoms in total. The zero-order valence-electron chi connectivity index (χ0n) is 12.1. The Morgan fingerprint density at radius 2 is 2.05 bits per heavy atom. The number of pyridine rings is 1. The summed E-state index contributed by atoms with van der Waals surface area (Å²) in [6, 6.07) is 5.73. The van der Waals surface area contributed by atoms with E-state index < -0.39 is 0 Å². The minimum absolute atomic E-state index is 0.105. The van der Waals surface area contributed by atoms with Crippen molar-refractivity contribution in [1.82, 2.24) is 19.9 Å². The fourth-order valence-electron chi connectivity index (χ4n) is 2.14. The molecule has 0 bridgehead atoms. The van der Waals surface area contributed by atoms with Crippen LogP contribution in [0, 0.1) is 0 Å². The molecule has 0 unspecified atom stereocenters. The second kappa shape index (κ2) is 6.95. The molecule has 1 aliphatic heterocycles. The van der Waals surface area contributed by atoms with Crippen LogP contribution >= 0.6 is 0 Å². The summed E-state index contributed by atoms with van der Waals surface area (Å²) in [4.78, 5) is 26.6. The summed E-state index contributed by atoms with van der Waals surface area (Å²) >= 11 is 0. The van der Waals surface area contributed by atoms with Gasteiger partial charge in [-0.15, -0.1) is 0 Å². The largest absolute Gasteiger partial charge is 0.378 e. The highest BCUT2D eigenvalue weighted by atomic mass is 16.5. The Morgan fingerprint density at radius 3 is 2.73 bits per heavy atom. The molecule has 0 radical (unpaired) electrons. The van der Waals surface area contributed by atoms with Crippen molar-refractivity contribution in [3.63, 3.8) is 0 Å². The molecular weight excluding hydrogens is 282 g/mol. The molecule has 2 aromatic heterocycles. The summed E-state index contributed by atoms with van der Waals surface area (Å²) in [5.74, 6) is 0.510. The highest BCUT2D eigenvalue weighted by Crippen LogP contribution is 2.07. The van der Waals surface area contributed by atoms with Gasteiger partial charge in [0.1, 0.15) is 11.5 Å². The molecule has 3 rings (SSSR count). The number of nitrogens with zero attached hydrogens (tertiary/aromatic N) is 4. The molecule has 1 amide bonds. The first-order valence-corrected chi connectivity index (χ1v) is 7.16. The van der Waals surface area contributed by atoms with Crippen LogP contribution in [0.2, 0.25) is 0 Å². The Bertz CT molecular complexity index is 612. The van der Waals surface area contributed by atoms with Gasteiger partial charge in [-0.25, -0.2) is 9.97 Å². The monoisotopic (exact) mass is 299 g/mol. The Morgan fingerprint density at radius 1 is 1.18 bits per heavy atom. The van der Waals surface area contributed by atoms with Gasteiger partial charge in [0.2, 0.25) is 0 Å². The number of hydrogen-bond acceptors (Lipinski definition) is 6. The van der Waals surface area contributed by atoms with Crippen molar-refractivity contribution in [3.8, 4) is 0 Å². The molecule has 2 aromatic rings. The zero-order valence-corrected chi connectivity index (χ0v) is 12.1. The Hall–Kier alpha value is -2.54. The van der Waals surface area contributed by atoms with Crippen molar-refractivity contribution >= 4 is 11.7 Å². The van der Waals surface area contributed by atoms with Gasteiger partial charge in [-0.2, -0.15) is 0 Å². The highest BCUT2D eigenvalue weighted by Gasteiger charge is 2.19. The number of anilines is 1. The predicted molar refractivity (Wildman–Crippen MR) is 80.3 cm³/mol. The van der Waals surface area contributed by atoms with Gasteiger partial charge in [0.15, 0.2) is 0 Å². The number of amides is 1. The van der Waals surface area contributed by atoms with E-state index in [0.717, 1.165) is 5.69 Å². The third-order valence-corrected chi connectivity index (χ3v) is 3.35. The number of aromatic nitrogens is 3. The van der Waals surface area contributed by atoms with Crippen LogP contribution < -0.4 is 5.32 Å². The first-order valence-electron chi connectivity index (χ1n) is 7.16. The SMILES string of the molecule is O=C(c1cnc(NCc2ccccn2)cn1)N1CCOCC1. The van der Waals surface area contributed by atoms with E-state index in [1.807, 2.05) is 18.2 Å². The molecule has 1 saturated heterocycles. The maximum absolute atomic E-state index is 12.2. The summed E-state index contributed by atoms with van der Waals surface area (Å²) in [7, 11) is 0. The number of nitrogens with one attached hydrogen (secondary N) is 1. The summed E-state index contributed by atoms with van der Waals surface area (Å²) < 4.78 is 5.23. The van der Waals surface area contributed by atoms with Gasteiger partial charge >= 0.3 is 0 Å². The van der Waals surface area contributed by atoms with Crippen LogP contribution in [-0.4, -0.2) is 52.1 Å². The van der Waals surface area contributed by atoms with Crippen LogP contribution in [0.3, 0.4) is 0 Å². The molecule has 0 atom stereocenters. The van der Waals surface area contributed by atoms with E-state index >= 15 is 0 Å². The summed E-state index contributed by atoms with van der Waals surface area (Å²) in [6.07, 6.45) is 4.81. The minimum atomic E-state index is -0.105. The Balaban J connectivity index is 1.59. The van der Waals surface area contributed by atoms with Crippen LogP contribution in [0.1, 0.15) is 16.2 Å². The molecule has 22 heavy (non-hydrogen) atoms. The van der Waals surface area contributed by atoms with Crippen LogP contribution in [0.4, 0.5) is 5.82 Å². The van der Waals surface area contributed by atoms with Gasteiger partial charge in [0.25, 0.3) is 5.91 Å². The number of morpholine rings is 1. The number of ether oxygens (including phenoxy) is 1. The van der Waals surface area contributed by atoms with Gasteiger partial charge in [-0.1, -0.05) is 6.07 Å². The first-order chi connectivity index (χ1) is 10.8. The molecule has 1 fully saturated rings. The standard InChI is InChI=1S/C15H17N5O2/c21-15(20-5-7-22-8-6-20)13-10-19-14(11-17-13)18-9-12-3-1-2-4-16-12/h1-4,10-11H,5-9H2,(H,18,19). The van der Waals surface area contributed by atoms with Crippen molar-refractivity contribution < 1.29 is 9.53 Å². The molecule has 114 valence electrons. The van der Waals surface area contributed by atoms with Gasteiger partial charge in [0.05, 0.1) is 37.8 Å². The van der Waals surface area contributed by atoms with E-state index in [9.17, 15) is 4.79 Å². The Labute approximate surface area is 128 Å². The van der Waals surface area contributed by atoms with Crippen molar-refractivity contribution in [1.29, 1.82) is 0 Å². The van der Waals surface area contributed by atoms with Gasteiger partial charge in [-0.05, 0) is 12.1 Å². The van der Waals surface area contributed by atoms with E-state index in [1.165, 1.54) is 6.20 Å². The summed E-state index contributed by atoms with van der Waals surface area (Å²) in [6.45, 7) is 2.90.